The van der Waals surface area contributed by atoms with Crippen molar-refractivity contribution in [1.82, 2.24) is 0 Å². The third-order valence-electron chi connectivity index (χ3n) is 6.52. The summed E-state index contributed by atoms with van der Waals surface area (Å²) in [5, 5.41) is 11.0. The van der Waals surface area contributed by atoms with E-state index in [2.05, 4.69) is 31.9 Å². The molecule has 0 unspecified atom stereocenters. The summed E-state index contributed by atoms with van der Waals surface area (Å²) in [6.45, 7) is 0.161. The fraction of sp³-hybridized carbons (Fsp3) is 0.308. The van der Waals surface area contributed by atoms with Crippen molar-refractivity contribution in [3.05, 3.63) is 89.2 Å². The first-order valence-corrected chi connectivity index (χ1v) is 13.0. The van der Waals surface area contributed by atoms with Crippen molar-refractivity contribution in [3.8, 4) is 5.75 Å². The fourth-order valence-corrected chi connectivity index (χ4v) is 6.32. The molecular formula is C26H21Br2NO6. The van der Waals surface area contributed by atoms with Gasteiger partial charge < -0.3 is 9.47 Å². The number of benzene rings is 2. The van der Waals surface area contributed by atoms with Crippen LogP contribution in [0.4, 0.5) is 5.69 Å². The molecular weight excluding hydrogens is 582 g/mol. The molecule has 2 aromatic rings. The molecule has 2 aromatic carbocycles. The predicted molar refractivity (Wildman–Crippen MR) is 135 cm³/mol. The first-order valence-electron chi connectivity index (χ1n) is 11.4. The van der Waals surface area contributed by atoms with Crippen molar-refractivity contribution in [3.63, 3.8) is 0 Å². The van der Waals surface area contributed by atoms with E-state index in [0.29, 0.717) is 64.1 Å². The van der Waals surface area contributed by atoms with Gasteiger partial charge in [-0.15, -0.1) is 0 Å². The number of halogens is 2. The number of ether oxygens (including phenoxy) is 2. The summed E-state index contributed by atoms with van der Waals surface area (Å²) in [5.74, 6) is 1.29. The Morgan fingerprint density at radius 3 is 2.11 bits per heavy atom. The molecule has 0 saturated carbocycles. The fourth-order valence-electron chi connectivity index (χ4n) is 4.95. The molecule has 0 amide bonds. The highest BCUT2D eigenvalue weighted by atomic mass is 79.9. The SMILES string of the molecule is O=C1CCCC2=C1C(c1cc(Br)cc(Br)c1OCc1ccc([N+](=O)[O-])cc1)C1=C(CCCC1=O)O2. The topological polar surface area (TPSA) is 95.7 Å². The lowest BCUT2D eigenvalue weighted by Crippen LogP contribution is -2.30. The van der Waals surface area contributed by atoms with Crippen molar-refractivity contribution in [1.29, 1.82) is 0 Å². The largest absolute Gasteiger partial charge is 0.487 e. The van der Waals surface area contributed by atoms with E-state index in [1.54, 1.807) is 12.1 Å². The summed E-state index contributed by atoms with van der Waals surface area (Å²) in [5.41, 5.74) is 2.57. The zero-order chi connectivity index (χ0) is 24.7. The Kier molecular flexibility index (Phi) is 6.63. The van der Waals surface area contributed by atoms with Gasteiger partial charge in [-0.25, -0.2) is 0 Å². The summed E-state index contributed by atoms with van der Waals surface area (Å²) >= 11 is 7.15. The number of Topliss-reactive ketones (excluding diaryl/α,β-unsaturated/α-hetero) is 2. The van der Waals surface area contributed by atoms with E-state index in [-0.39, 0.29) is 23.9 Å². The second-order valence-electron chi connectivity index (χ2n) is 8.78. The number of nitro groups is 1. The summed E-state index contributed by atoms with van der Waals surface area (Å²) in [4.78, 5) is 36.8. The second-order valence-corrected chi connectivity index (χ2v) is 10.6. The summed E-state index contributed by atoms with van der Waals surface area (Å²) in [6, 6.07) is 9.91. The molecule has 0 aromatic heterocycles. The number of non-ortho nitro benzene ring substituents is 1. The van der Waals surface area contributed by atoms with Gasteiger partial charge in [-0.3, -0.25) is 19.7 Å². The number of carbonyl (C=O) groups excluding carboxylic acids is 2. The van der Waals surface area contributed by atoms with Crippen LogP contribution in [0.15, 0.2) is 68.0 Å². The smallest absolute Gasteiger partial charge is 0.269 e. The van der Waals surface area contributed by atoms with Crippen LogP contribution in [0.1, 0.15) is 55.6 Å². The normalized spacial score (nSPS) is 18.2. The molecule has 0 fully saturated rings. The molecule has 5 rings (SSSR count). The molecule has 0 radical (unpaired) electrons. The van der Waals surface area contributed by atoms with Crippen molar-refractivity contribution in [2.24, 2.45) is 0 Å². The van der Waals surface area contributed by atoms with Gasteiger partial charge in [0, 0.05) is 59.0 Å². The van der Waals surface area contributed by atoms with Gasteiger partial charge in [-0.05, 0) is 58.6 Å². The molecule has 180 valence electrons. The molecule has 3 aliphatic rings. The van der Waals surface area contributed by atoms with Crippen LogP contribution in [0.25, 0.3) is 0 Å². The molecule has 0 bridgehead atoms. The standard InChI is InChI=1S/C26H21Br2NO6/c27-15-11-17(26(18(28)12-15)34-13-14-7-9-16(10-8-14)29(32)33)23-24-19(30)3-1-5-21(24)35-22-6-2-4-20(31)25(22)23/h7-12,23H,1-6,13H2. The number of nitrogens with zero attached hydrogens (tertiary/aromatic N) is 1. The molecule has 35 heavy (non-hydrogen) atoms. The van der Waals surface area contributed by atoms with Gasteiger partial charge in [0.25, 0.3) is 5.69 Å². The maximum atomic E-state index is 13.1. The van der Waals surface area contributed by atoms with Gasteiger partial charge in [-0.1, -0.05) is 15.9 Å². The van der Waals surface area contributed by atoms with Crippen LogP contribution in [0.5, 0.6) is 5.75 Å². The van der Waals surface area contributed by atoms with Crippen LogP contribution in [0, 0.1) is 10.1 Å². The van der Waals surface area contributed by atoms with Gasteiger partial charge in [0.1, 0.15) is 23.9 Å². The van der Waals surface area contributed by atoms with Crippen LogP contribution >= 0.6 is 31.9 Å². The Hall–Kier alpha value is -2.78. The molecule has 1 heterocycles. The maximum absolute atomic E-state index is 13.1. The van der Waals surface area contributed by atoms with Gasteiger partial charge in [0.05, 0.1) is 15.3 Å². The van der Waals surface area contributed by atoms with Gasteiger partial charge in [0.15, 0.2) is 11.6 Å². The first-order chi connectivity index (χ1) is 16.8. The minimum Gasteiger partial charge on any atom is -0.487 e. The van der Waals surface area contributed by atoms with E-state index < -0.39 is 10.8 Å². The Morgan fingerprint density at radius 2 is 1.54 bits per heavy atom. The van der Waals surface area contributed by atoms with E-state index in [0.717, 1.165) is 22.9 Å². The minimum absolute atomic E-state index is 0.00131. The monoisotopic (exact) mass is 601 g/mol. The lowest BCUT2D eigenvalue weighted by Gasteiger charge is -2.36. The highest BCUT2D eigenvalue weighted by Gasteiger charge is 2.43. The van der Waals surface area contributed by atoms with E-state index >= 15 is 0 Å². The number of allylic oxidation sites excluding steroid dienone is 4. The van der Waals surface area contributed by atoms with Gasteiger partial charge in [-0.2, -0.15) is 0 Å². The molecule has 0 spiro atoms. The molecule has 7 nitrogen and oxygen atoms in total. The number of hydrogen-bond acceptors (Lipinski definition) is 6. The Labute approximate surface area is 218 Å². The van der Waals surface area contributed by atoms with Crippen LogP contribution in [-0.2, 0) is 20.9 Å². The maximum Gasteiger partial charge on any atom is 0.269 e. The quantitative estimate of drug-likeness (QED) is 0.275. The van der Waals surface area contributed by atoms with Crippen molar-refractivity contribution in [2.75, 3.05) is 0 Å². The molecule has 2 aliphatic carbocycles. The number of carbonyl (C=O) groups is 2. The van der Waals surface area contributed by atoms with E-state index in [4.69, 9.17) is 9.47 Å². The van der Waals surface area contributed by atoms with Crippen molar-refractivity contribution >= 4 is 49.1 Å². The predicted octanol–water partition coefficient (Wildman–Crippen LogP) is 6.83. The highest BCUT2D eigenvalue weighted by molar-refractivity contribution is 9.11. The van der Waals surface area contributed by atoms with Crippen LogP contribution < -0.4 is 4.74 Å². The van der Waals surface area contributed by atoms with Crippen molar-refractivity contribution in [2.45, 2.75) is 51.0 Å². The third kappa shape index (κ3) is 4.59. The first kappa shape index (κ1) is 23.9. The average molecular weight is 603 g/mol. The summed E-state index contributed by atoms with van der Waals surface area (Å²) in [7, 11) is 0. The molecule has 0 atom stereocenters. The Morgan fingerprint density at radius 1 is 0.943 bits per heavy atom. The van der Waals surface area contributed by atoms with E-state index in [1.807, 2.05) is 12.1 Å². The number of ketones is 2. The number of nitro benzene ring substituents is 1. The van der Waals surface area contributed by atoms with Crippen molar-refractivity contribution < 1.29 is 24.0 Å². The van der Waals surface area contributed by atoms with Gasteiger partial charge in [0.2, 0.25) is 0 Å². The number of hydrogen-bond donors (Lipinski definition) is 0. The average Bonchev–Trinajstić information content (AvgIpc) is 2.82. The lowest BCUT2D eigenvalue weighted by atomic mass is 9.73. The highest BCUT2D eigenvalue weighted by Crippen LogP contribution is 2.51. The zero-order valence-corrected chi connectivity index (χ0v) is 21.8. The van der Waals surface area contributed by atoms with E-state index in [9.17, 15) is 19.7 Å². The molecule has 9 heteroatoms. The minimum atomic E-state index is -0.560. The van der Waals surface area contributed by atoms with Crippen LogP contribution in [-0.4, -0.2) is 16.5 Å². The third-order valence-corrected chi connectivity index (χ3v) is 7.57. The van der Waals surface area contributed by atoms with Crippen LogP contribution in [0.2, 0.25) is 0 Å². The molecule has 0 saturated heterocycles. The zero-order valence-electron chi connectivity index (χ0n) is 18.6. The molecule has 1 aliphatic heterocycles. The number of rotatable bonds is 5. The molecule has 0 N–H and O–H groups in total. The summed E-state index contributed by atoms with van der Waals surface area (Å²) in [6.07, 6.45) is 3.62. The van der Waals surface area contributed by atoms with Crippen LogP contribution in [0.3, 0.4) is 0 Å². The Bertz CT molecular complexity index is 1270. The summed E-state index contributed by atoms with van der Waals surface area (Å²) < 4.78 is 13.8. The Balaban J connectivity index is 1.59. The van der Waals surface area contributed by atoms with E-state index in [1.165, 1.54) is 12.1 Å². The second kappa shape index (κ2) is 9.70. The lowest BCUT2D eigenvalue weighted by molar-refractivity contribution is -0.384. The van der Waals surface area contributed by atoms with Gasteiger partial charge >= 0.3 is 0 Å².